The van der Waals surface area contributed by atoms with Crippen molar-refractivity contribution in [3.63, 3.8) is 0 Å². The highest BCUT2D eigenvalue weighted by Gasteiger charge is 2.34. The van der Waals surface area contributed by atoms with Gasteiger partial charge in [0, 0.05) is 12.1 Å². The number of phenols is 1. The van der Waals surface area contributed by atoms with Crippen molar-refractivity contribution in [1.29, 1.82) is 0 Å². The SMILES string of the molecule is CCC(NC(=O)c1ccc(O)cc1F)C1CC(O)C1. The topological polar surface area (TPSA) is 69.6 Å². The second kappa shape index (κ2) is 5.57. The fourth-order valence-electron chi connectivity index (χ4n) is 2.45. The largest absolute Gasteiger partial charge is 0.508 e. The number of hydrogen-bond donors (Lipinski definition) is 3. The quantitative estimate of drug-likeness (QED) is 0.779. The van der Waals surface area contributed by atoms with E-state index < -0.39 is 11.7 Å². The van der Waals surface area contributed by atoms with Gasteiger partial charge in [-0.05, 0) is 37.3 Å². The molecule has 0 radical (unpaired) electrons. The lowest BCUT2D eigenvalue weighted by atomic mass is 9.76. The van der Waals surface area contributed by atoms with Crippen LogP contribution >= 0.6 is 0 Å². The van der Waals surface area contributed by atoms with Crippen molar-refractivity contribution in [3.05, 3.63) is 29.6 Å². The first kappa shape index (κ1) is 13.8. The van der Waals surface area contributed by atoms with Crippen LogP contribution in [-0.4, -0.2) is 28.3 Å². The summed E-state index contributed by atoms with van der Waals surface area (Å²) in [5.74, 6) is -1.17. The summed E-state index contributed by atoms with van der Waals surface area (Å²) in [6, 6.07) is 3.42. The second-order valence-corrected chi connectivity index (χ2v) is 5.04. The van der Waals surface area contributed by atoms with Crippen molar-refractivity contribution in [2.75, 3.05) is 0 Å². The number of aliphatic hydroxyl groups excluding tert-OH is 1. The number of rotatable bonds is 4. The minimum Gasteiger partial charge on any atom is -0.508 e. The van der Waals surface area contributed by atoms with E-state index in [1.807, 2.05) is 6.92 Å². The molecule has 1 atom stereocenters. The first-order valence-corrected chi connectivity index (χ1v) is 6.48. The Bertz CT molecular complexity index is 472. The summed E-state index contributed by atoms with van der Waals surface area (Å²) in [5, 5.41) is 21.2. The molecule has 1 fully saturated rings. The molecule has 1 unspecified atom stereocenters. The Labute approximate surface area is 111 Å². The molecule has 0 spiro atoms. The van der Waals surface area contributed by atoms with Crippen LogP contribution in [-0.2, 0) is 0 Å². The van der Waals surface area contributed by atoms with Gasteiger partial charge in [-0.15, -0.1) is 0 Å². The third-order valence-electron chi connectivity index (χ3n) is 3.67. The van der Waals surface area contributed by atoms with Crippen LogP contribution in [0.2, 0.25) is 0 Å². The van der Waals surface area contributed by atoms with Gasteiger partial charge in [-0.1, -0.05) is 6.92 Å². The molecule has 1 amide bonds. The highest BCUT2D eigenvalue weighted by molar-refractivity contribution is 5.94. The smallest absolute Gasteiger partial charge is 0.254 e. The molecule has 104 valence electrons. The Morgan fingerprint density at radius 1 is 1.53 bits per heavy atom. The molecule has 1 saturated carbocycles. The Balaban J connectivity index is 2.03. The maximum atomic E-state index is 13.6. The number of carbonyl (C=O) groups is 1. The van der Waals surface area contributed by atoms with Crippen LogP contribution < -0.4 is 5.32 Å². The summed E-state index contributed by atoms with van der Waals surface area (Å²) in [6.45, 7) is 1.95. The molecule has 1 aromatic carbocycles. The number of aromatic hydroxyl groups is 1. The van der Waals surface area contributed by atoms with Gasteiger partial charge in [0.15, 0.2) is 0 Å². The number of hydrogen-bond acceptors (Lipinski definition) is 3. The van der Waals surface area contributed by atoms with Crippen LogP contribution in [0, 0.1) is 11.7 Å². The van der Waals surface area contributed by atoms with Crippen molar-refractivity contribution >= 4 is 5.91 Å². The average molecular weight is 267 g/mol. The van der Waals surface area contributed by atoms with Gasteiger partial charge in [-0.25, -0.2) is 4.39 Å². The van der Waals surface area contributed by atoms with Gasteiger partial charge < -0.3 is 15.5 Å². The average Bonchev–Trinajstić information content (AvgIpc) is 2.32. The van der Waals surface area contributed by atoms with Crippen LogP contribution in [0.1, 0.15) is 36.5 Å². The standard InChI is InChI=1S/C14H18FNO3/c1-2-13(8-5-10(18)6-8)16-14(19)11-4-3-9(17)7-12(11)15/h3-4,7-8,10,13,17-18H,2,5-6H2,1H3,(H,16,19). The van der Waals surface area contributed by atoms with E-state index >= 15 is 0 Å². The molecule has 1 aromatic rings. The third-order valence-corrected chi connectivity index (χ3v) is 3.67. The van der Waals surface area contributed by atoms with Crippen LogP contribution in [0.3, 0.4) is 0 Å². The predicted molar refractivity (Wildman–Crippen MR) is 68.3 cm³/mol. The fourth-order valence-corrected chi connectivity index (χ4v) is 2.45. The van der Waals surface area contributed by atoms with E-state index in [1.54, 1.807) is 0 Å². The molecule has 0 bridgehead atoms. The molecule has 3 N–H and O–H groups in total. The van der Waals surface area contributed by atoms with E-state index in [9.17, 15) is 14.3 Å². The Kier molecular flexibility index (Phi) is 4.04. The number of benzene rings is 1. The first-order valence-electron chi connectivity index (χ1n) is 6.48. The molecule has 0 aliphatic heterocycles. The predicted octanol–water partition coefficient (Wildman–Crippen LogP) is 1.81. The van der Waals surface area contributed by atoms with Gasteiger partial charge in [-0.3, -0.25) is 4.79 Å². The minimum absolute atomic E-state index is 0.0518. The lowest BCUT2D eigenvalue weighted by molar-refractivity contribution is 0.0232. The zero-order valence-corrected chi connectivity index (χ0v) is 10.8. The molecular weight excluding hydrogens is 249 g/mol. The maximum absolute atomic E-state index is 13.6. The lowest BCUT2D eigenvalue weighted by Gasteiger charge is -2.37. The first-order chi connectivity index (χ1) is 9.01. The van der Waals surface area contributed by atoms with Crippen molar-refractivity contribution < 1.29 is 19.4 Å². The lowest BCUT2D eigenvalue weighted by Crippen LogP contribution is -2.46. The van der Waals surface area contributed by atoms with Gasteiger partial charge in [0.2, 0.25) is 0 Å². The number of nitrogens with one attached hydrogen (secondary N) is 1. The van der Waals surface area contributed by atoms with E-state index in [0.29, 0.717) is 12.8 Å². The van der Waals surface area contributed by atoms with Crippen LogP contribution in [0.4, 0.5) is 4.39 Å². The molecule has 4 nitrogen and oxygen atoms in total. The van der Waals surface area contributed by atoms with Crippen molar-refractivity contribution in [1.82, 2.24) is 5.32 Å². The van der Waals surface area contributed by atoms with E-state index in [1.165, 1.54) is 12.1 Å². The molecule has 1 aliphatic rings. The highest BCUT2D eigenvalue weighted by Crippen LogP contribution is 2.31. The van der Waals surface area contributed by atoms with Gasteiger partial charge in [0.05, 0.1) is 11.7 Å². The monoisotopic (exact) mass is 267 g/mol. The van der Waals surface area contributed by atoms with E-state index in [-0.39, 0.29) is 29.4 Å². The van der Waals surface area contributed by atoms with Crippen molar-refractivity contribution in [2.45, 2.75) is 38.3 Å². The summed E-state index contributed by atoms with van der Waals surface area (Å²) in [6.07, 6.45) is 1.82. The summed E-state index contributed by atoms with van der Waals surface area (Å²) in [5.41, 5.74) is -0.0730. The number of carbonyl (C=O) groups excluding carboxylic acids is 1. The summed E-state index contributed by atoms with van der Waals surface area (Å²) < 4.78 is 13.6. The molecule has 0 saturated heterocycles. The van der Waals surface area contributed by atoms with Gasteiger partial charge in [0.1, 0.15) is 11.6 Å². The molecule has 1 aliphatic carbocycles. The Morgan fingerprint density at radius 3 is 2.74 bits per heavy atom. The number of halogens is 1. The van der Waals surface area contributed by atoms with Gasteiger partial charge >= 0.3 is 0 Å². The van der Waals surface area contributed by atoms with Crippen LogP contribution in [0.5, 0.6) is 5.75 Å². The third kappa shape index (κ3) is 3.04. The minimum atomic E-state index is -0.735. The van der Waals surface area contributed by atoms with Gasteiger partial charge in [0.25, 0.3) is 5.91 Å². The molecule has 2 rings (SSSR count). The van der Waals surface area contributed by atoms with Crippen molar-refractivity contribution in [3.8, 4) is 5.75 Å². The zero-order chi connectivity index (χ0) is 14.0. The fraction of sp³-hybridized carbons (Fsp3) is 0.500. The summed E-state index contributed by atoms with van der Waals surface area (Å²) in [7, 11) is 0. The maximum Gasteiger partial charge on any atom is 0.254 e. The zero-order valence-electron chi connectivity index (χ0n) is 10.8. The summed E-state index contributed by atoms with van der Waals surface area (Å²) >= 11 is 0. The van der Waals surface area contributed by atoms with Gasteiger partial charge in [-0.2, -0.15) is 0 Å². The molecule has 0 aromatic heterocycles. The second-order valence-electron chi connectivity index (χ2n) is 5.04. The Morgan fingerprint density at radius 2 is 2.21 bits per heavy atom. The summed E-state index contributed by atoms with van der Waals surface area (Å²) in [4.78, 5) is 12.0. The normalized spacial score (nSPS) is 23.5. The van der Waals surface area contributed by atoms with Crippen molar-refractivity contribution in [2.24, 2.45) is 5.92 Å². The Hall–Kier alpha value is -1.62. The molecule has 5 heteroatoms. The highest BCUT2D eigenvalue weighted by atomic mass is 19.1. The van der Waals surface area contributed by atoms with E-state index in [4.69, 9.17) is 5.11 Å². The molecule has 0 heterocycles. The number of phenolic OH excluding ortho intramolecular Hbond substituents is 1. The van der Waals surface area contributed by atoms with E-state index in [0.717, 1.165) is 12.5 Å². The van der Waals surface area contributed by atoms with Crippen LogP contribution in [0.15, 0.2) is 18.2 Å². The molecule has 19 heavy (non-hydrogen) atoms. The molecular formula is C14H18FNO3. The van der Waals surface area contributed by atoms with E-state index in [2.05, 4.69) is 5.32 Å². The van der Waals surface area contributed by atoms with Crippen LogP contribution in [0.25, 0.3) is 0 Å². The number of aliphatic hydroxyl groups is 1. The number of amides is 1.